The van der Waals surface area contributed by atoms with Gasteiger partial charge in [-0.15, -0.1) is 0 Å². The Bertz CT molecular complexity index is 808. The summed E-state index contributed by atoms with van der Waals surface area (Å²) in [5, 5.41) is 3.87. The minimum absolute atomic E-state index is 0.0618. The molecule has 0 spiro atoms. The molecule has 1 aliphatic rings. The third-order valence-corrected chi connectivity index (χ3v) is 5.30. The highest BCUT2D eigenvalue weighted by molar-refractivity contribution is 6.35. The van der Waals surface area contributed by atoms with E-state index in [1.807, 2.05) is 25.1 Å². The van der Waals surface area contributed by atoms with Gasteiger partial charge in [-0.2, -0.15) is 0 Å². The van der Waals surface area contributed by atoms with Gasteiger partial charge in [0.1, 0.15) is 5.75 Å². The lowest BCUT2D eigenvalue weighted by Gasteiger charge is -2.36. The minimum atomic E-state index is -0.0618. The summed E-state index contributed by atoms with van der Waals surface area (Å²) >= 11 is 12.1. The number of benzene rings is 2. The molecule has 150 valence electrons. The molecule has 1 heterocycles. The molecule has 0 atom stereocenters. The molecule has 0 bridgehead atoms. The van der Waals surface area contributed by atoms with Crippen molar-refractivity contribution >= 4 is 40.5 Å². The summed E-state index contributed by atoms with van der Waals surface area (Å²) in [5.74, 6) is 0.865. The zero-order valence-electron chi connectivity index (χ0n) is 16.0. The summed E-state index contributed by atoms with van der Waals surface area (Å²) in [5.41, 5.74) is 1.69. The molecule has 1 saturated heterocycles. The summed E-state index contributed by atoms with van der Waals surface area (Å²) in [6.07, 6.45) is 0.415. The average Bonchev–Trinajstić information content (AvgIpc) is 2.70. The molecule has 1 amide bonds. The van der Waals surface area contributed by atoms with E-state index < -0.39 is 0 Å². The van der Waals surface area contributed by atoms with Gasteiger partial charge in [-0.25, -0.2) is 0 Å². The van der Waals surface area contributed by atoms with E-state index in [0.717, 1.165) is 37.6 Å². The highest BCUT2D eigenvalue weighted by Crippen LogP contribution is 2.29. The summed E-state index contributed by atoms with van der Waals surface area (Å²) in [7, 11) is 0. The van der Waals surface area contributed by atoms with Crippen molar-refractivity contribution in [1.29, 1.82) is 0 Å². The first kappa shape index (κ1) is 20.8. The summed E-state index contributed by atoms with van der Waals surface area (Å²) in [6, 6.07) is 13.2. The van der Waals surface area contributed by atoms with Crippen LogP contribution in [0.5, 0.6) is 5.75 Å². The number of piperazine rings is 1. The predicted molar refractivity (Wildman–Crippen MR) is 116 cm³/mol. The van der Waals surface area contributed by atoms with Crippen molar-refractivity contribution in [1.82, 2.24) is 4.90 Å². The number of carbonyl (C=O) groups excluding carboxylic acids is 1. The van der Waals surface area contributed by atoms with Gasteiger partial charge in [0, 0.05) is 44.2 Å². The minimum Gasteiger partial charge on any atom is -0.492 e. The molecule has 2 aromatic rings. The Morgan fingerprint density at radius 1 is 1.11 bits per heavy atom. The van der Waals surface area contributed by atoms with Crippen LogP contribution in [0.2, 0.25) is 10.0 Å². The first-order chi connectivity index (χ1) is 13.6. The monoisotopic (exact) mass is 421 g/mol. The van der Waals surface area contributed by atoms with Crippen molar-refractivity contribution in [3.63, 3.8) is 0 Å². The molecule has 5 nitrogen and oxygen atoms in total. The molecule has 0 aromatic heterocycles. The van der Waals surface area contributed by atoms with Gasteiger partial charge in [0.05, 0.1) is 23.0 Å². The molecule has 0 saturated carbocycles. The van der Waals surface area contributed by atoms with Gasteiger partial charge in [0.2, 0.25) is 5.91 Å². The maximum absolute atomic E-state index is 12.3. The van der Waals surface area contributed by atoms with Crippen molar-refractivity contribution in [3.05, 3.63) is 52.5 Å². The first-order valence-electron chi connectivity index (χ1n) is 9.51. The second-order valence-corrected chi connectivity index (χ2v) is 7.50. The van der Waals surface area contributed by atoms with Gasteiger partial charge >= 0.3 is 0 Å². The molecule has 0 unspecified atom stereocenters. The van der Waals surface area contributed by atoms with E-state index in [-0.39, 0.29) is 5.91 Å². The first-order valence-corrected chi connectivity index (χ1v) is 10.3. The maximum Gasteiger partial charge on any atom is 0.225 e. The molecular weight excluding hydrogens is 397 g/mol. The number of hydrogen-bond donors (Lipinski definition) is 1. The van der Waals surface area contributed by atoms with Crippen LogP contribution in [-0.4, -0.2) is 50.1 Å². The van der Waals surface area contributed by atoms with Crippen LogP contribution >= 0.6 is 23.2 Å². The van der Waals surface area contributed by atoms with Crippen molar-refractivity contribution in [2.24, 2.45) is 0 Å². The average molecular weight is 422 g/mol. The van der Waals surface area contributed by atoms with Gasteiger partial charge in [-0.05, 0) is 37.3 Å². The number of anilines is 2. The normalized spacial score (nSPS) is 14.8. The van der Waals surface area contributed by atoms with Crippen LogP contribution in [0.25, 0.3) is 0 Å². The topological polar surface area (TPSA) is 44.8 Å². The molecule has 3 rings (SSSR count). The van der Waals surface area contributed by atoms with E-state index in [1.54, 1.807) is 18.2 Å². The highest BCUT2D eigenvalue weighted by Gasteiger charge is 2.20. The Morgan fingerprint density at radius 2 is 1.86 bits per heavy atom. The molecule has 1 aliphatic heterocycles. The van der Waals surface area contributed by atoms with Crippen molar-refractivity contribution < 1.29 is 9.53 Å². The molecular formula is C21H25Cl2N3O2. The Hall–Kier alpha value is -1.95. The number of para-hydroxylation sites is 2. The summed E-state index contributed by atoms with van der Waals surface area (Å²) in [6.45, 7) is 7.00. The number of carbonyl (C=O) groups is 1. The lowest BCUT2D eigenvalue weighted by Crippen LogP contribution is -2.47. The van der Waals surface area contributed by atoms with E-state index >= 15 is 0 Å². The Kier molecular flexibility index (Phi) is 7.43. The van der Waals surface area contributed by atoms with Crippen LogP contribution in [0.4, 0.5) is 11.4 Å². The highest BCUT2D eigenvalue weighted by atomic mass is 35.5. The molecule has 7 heteroatoms. The fraction of sp³-hybridized carbons (Fsp3) is 0.381. The van der Waals surface area contributed by atoms with Crippen LogP contribution in [0.3, 0.4) is 0 Å². The number of halogens is 2. The zero-order valence-corrected chi connectivity index (χ0v) is 17.5. The number of rotatable bonds is 7. The standard InChI is InChI=1S/C21H25Cl2N3O2/c1-2-28-20-6-4-3-5-19(20)26-13-11-25(12-14-26)10-9-21(27)24-18-15-16(22)7-8-17(18)23/h3-8,15H,2,9-14H2,1H3,(H,24,27). The Labute approximate surface area is 176 Å². The van der Waals surface area contributed by atoms with Gasteiger partial charge in [-0.1, -0.05) is 35.3 Å². The van der Waals surface area contributed by atoms with Gasteiger partial charge in [0.15, 0.2) is 0 Å². The number of nitrogens with one attached hydrogen (secondary N) is 1. The maximum atomic E-state index is 12.3. The largest absolute Gasteiger partial charge is 0.492 e. The summed E-state index contributed by atoms with van der Waals surface area (Å²) in [4.78, 5) is 16.9. The lowest BCUT2D eigenvalue weighted by molar-refractivity contribution is -0.116. The van der Waals surface area contributed by atoms with Crippen molar-refractivity contribution in [2.45, 2.75) is 13.3 Å². The van der Waals surface area contributed by atoms with Crippen LogP contribution < -0.4 is 15.0 Å². The predicted octanol–water partition coefficient (Wildman–Crippen LogP) is 4.54. The van der Waals surface area contributed by atoms with Crippen molar-refractivity contribution in [2.75, 3.05) is 49.5 Å². The number of amides is 1. The van der Waals surface area contributed by atoms with E-state index in [4.69, 9.17) is 27.9 Å². The van der Waals surface area contributed by atoms with E-state index in [1.165, 1.54) is 0 Å². The second kappa shape index (κ2) is 10.0. The van der Waals surface area contributed by atoms with Crippen LogP contribution in [0.1, 0.15) is 13.3 Å². The van der Waals surface area contributed by atoms with Gasteiger partial charge in [0.25, 0.3) is 0 Å². The SMILES string of the molecule is CCOc1ccccc1N1CCN(CCC(=O)Nc2cc(Cl)ccc2Cl)CC1. The molecule has 0 aliphatic carbocycles. The van der Waals surface area contributed by atoms with E-state index in [9.17, 15) is 4.79 Å². The summed E-state index contributed by atoms with van der Waals surface area (Å²) < 4.78 is 5.74. The Morgan fingerprint density at radius 3 is 2.61 bits per heavy atom. The zero-order chi connectivity index (χ0) is 19.9. The van der Waals surface area contributed by atoms with E-state index in [2.05, 4.69) is 21.2 Å². The third-order valence-electron chi connectivity index (χ3n) is 4.74. The lowest BCUT2D eigenvalue weighted by atomic mass is 10.2. The van der Waals surface area contributed by atoms with Crippen LogP contribution in [0.15, 0.2) is 42.5 Å². The van der Waals surface area contributed by atoms with Gasteiger partial charge in [-0.3, -0.25) is 9.69 Å². The third kappa shape index (κ3) is 5.53. The fourth-order valence-electron chi connectivity index (χ4n) is 3.27. The van der Waals surface area contributed by atoms with Crippen LogP contribution in [-0.2, 0) is 4.79 Å². The quantitative estimate of drug-likeness (QED) is 0.712. The molecule has 1 N–H and O–H groups in total. The number of hydrogen-bond acceptors (Lipinski definition) is 4. The molecule has 1 fully saturated rings. The van der Waals surface area contributed by atoms with Crippen molar-refractivity contribution in [3.8, 4) is 5.75 Å². The Balaban J connectivity index is 1.47. The van der Waals surface area contributed by atoms with E-state index in [0.29, 0.717) is 35.3 Å². The molecule has 2 aromatic carbocycles. The number of nitrogens with zero attached hydrogens (tertiary/aromatic N) is 2. The number of ether oxygens (including phenoxy) is 1. The molecule has 28 heavy (non-hydrogen) atoms. The smallest absolute Gasteiger partial charge is 0.225 e. The van der Waals surface area contributed by atoms with Gasteiger partial charge < -0.3 is 15.0 Å². The van der Waals surface area contributed by atoms with Crippen LogP contribution in [0, 0.1) is 0 Å². The molecule has 0 radical (unpaired) electrons. The second-order valence-electron chi connectivity index (χ2n) is 6.65. The fourth-order valence-corrected chi connectivity index (χ4v) is 3.61.